The fourth-order valence-corrected chi connectivity index (χ4v) is 1.30. The third-order valence-electron chi connectivity index (χ3n) is 1.94. The Bertz CT molecular complexity index is 486. The van der Waals surface area contributed by atoms with E-state index in [2.05, 4.69) is 20.4 Å². The van der Waals surface area contributed by atoms with Crippen molar-refractivity contribution in [3.05, 3.63) is 23.5 Å². The first kappa shape index (κ1) is 9.45. The minimum atomic E-state index is -0.886. The second-order valence-electron chi connectivity index (χ2n) is 3.29. The average molecular weight is 206 g/mol. The van der Waals surface area contributed by atoms with Gasteiger partial charge in [-0.2, -0.15) is 10.2 Å². The third-order valence-corrected chi connectivity index (χ3v) is 1.94. The van der Waals surface area contributed by atoms with Crippen LogP contribution >= 0.6 is 0 Å². The largest absolute Gasteiger partial charge is 0.481 e. The smallest absolute Gasteiger partial charge is 0.309 e. The first-order valence-electron chi connectivity index (χ1n) is 4.43. The molecular weight excluding hydrogens is 196 g/mol. The minimum Gasteiger partial charge on any atom is -0.481 e. The summed E-state index contributed by atoms with van der Waals surface area (Å²) in [5.74, 6) is -0.886. The zero-order valence-corrected chi connectivity index (χ0v) is 8.11. The van der Waals surface area contributed by atoms with Crippen LogP contribution in [0.25, 0.3) is 11.4 Å². The van der Waals surface area contributed by atoms with Gasteiger partial charge in [-0.05, 0) is 19.1 Å². The number of rotatable bonds is 3. The van der Waals surface area contributed by atoms with Gasteiger partial charge in [0.1, 0.15) is 11.4 Å². The molecule has 0 amide bonds. The number of aliphatic carboxylic acids is 1. The number of carboxylic acid groups (broad SMARTS) is 1. The maximum atomic E-state index is 10.4. The van der Waals surface area contributed by atoms with E-state index in [4.69, 9.17) is 5.11 Å². The Labute approximate surface area is 85.3 Å². The van der Waals surface area contributed by atoms with E-state index in [1.54, 1.807) is 6.07 Å². The molecule has 0 aromatic carbocycles. The van der Waals surface area contributed by atoms with E-state index in [1.807, 2.05) is 13.0 Å². The number of carboxylic acids is 1. The Morgan fingerprint density at radius 1 is 1.33 bits per heavy atom. The van der Waals surface area contributed by atoms with Gasteiger partial charge < -0.3 is 5.11 Å². The van der Waals surface area contributed by atoms with Crippen LogP contribution in [-0.4, -0.2) is 31.5 Å². The number of aromatic nitrogens is 4. The predicted molar refractivity (Wildman–Crippen MR) is 52.2 cm³/mol. The van der Waals surface area contributed by atoms with E-state index in [1.165, 1.54) is 0 Å². The molecule has 2 rings (SSSR count). The van der Waals surface area contributed by atoms with E-state index in [9.17, 15) is 4.79 Å². The molecule has 0 saturated heterocycles. The van der Waals surface area contributed by atoms with Crippen molar-refractivity contribution < 1.29 is 9.90 Å². The fourth-order valence-electron chi connectivity index (χ4n) is 1.30. The number of hydrogen-bond donors (Lipinski definition) is 3. The van der Waals surface area contributed by atoms with Crippen LogP contribution in [0.2, 0.25) is 0 Å². The molecule has 2 heterocycles. The third kappa shape index (κ3) is 2.04. The molecule has 0 aliphatic carbocycles. The van der Waals surface area contributed by atoms with Crippen molar-refractivity contribution in [3.63, 3.8) is 0 Å². The monoisotopic (exact) mass is 206 g/mol. The van der Waals surface area contributed by atoms with Gasteiger partial charge in [-0.3, -0.25) is 15.0 Å². The zero-order valence-electron chi connectivity index (χ0n) is 8.11. The highest BCUT2D eigenvalue weighted by Crippen LogP contribution is 2.15. The van der Waals surface area contributed by atoms with E-state index >= 15 is 0 Å². The van der Waals surface area contributed by atoms with E-state index < -0.39 is 5.97 Å². The first-order chi connectivity index (χ1) is 7.15. The van der Waals surface area contributed by atoms with Crippen LogP contribution in [0, 0.1) is 6.92 Å². The molecule has 2 aromatic rings. The summed E-state index contributed by atoms with van der Waals surface area (Å²) in [6.45, 7) is 1.89. The number of aromatic amines is 2. The van der Waals surface area contributed by atoms with Crippen LogP contribution in [0.15, 0.2) is 12.1 Å². The van der Waals surface area contributed by atoms with Gasteiger partial charge in [0.2, 0.25) is 0 Å². The lowest BCUT2D eigenvalue weighted by atomic mass is 10.2. The standard InChI is InChI=1S/C9H10N4O2/c1-5-2-7(12-10-5)8-3-6(11-13-8)4-9(14)15/h2-3H,4H2,1H3,(H,10,12)(H,11,13)(H,14,15). The molecule has 0 atom stereocenters. The molecular formula is C9H10N4O2. The summed E-state index contributed by atoms with van der Waals surface area (Å²) >= 11 is 0. The Morgan fingerprint density at radius 2 is 2.00 bits per heavy atom. The molecule has 2 aromatic heterocycles. The lowest BCUT2D eigenvalue weighted by Gasteiger charge is -1.86. The van der Waals surface area contributed by atoms with E-state index in [0.29, 0.717) is 17.1 Å². The van der Waals surface area contributed by atoms with Crippen molar-refractivity contribution in [3.8, 4) is 11.4 Å². The first-order valence-corrected chi connectivity index (χ1v) is 4.43. The number of aryl methyl sites for hydroxylation is 1. The molecule has 0 aliphatic heterocycles. The molecule has 78 valence electrons. The number of carbonyl (C=O) groups is 1. The summed E-state index contributed by atoms with van der Waals surface area (Å²) in [4.78, 5) is 10.4. The van der Waals surface area contributed by atoms with Gasteiger partial charge in [0.25, 0.3) is 0 Å². The van der Waals surface area contributed by atoms with Crippen molar-refractivity contribution in [1.29, 1.82) is 0 Å². The zero-order chi connectivity index (χ0) is 10.8. The highest BCUT2D eigenvalue weighted by Gasteiger charge is 2.08. The molecule has 3 N–H and O–H groups in total. The molecule has 0 bridgehead atoms. The average Bonchev–Trinajstić information content (AvgIpc) is 2.72. The predicted octanol–water partition coefficient (Wildman–Crippen LogP) is 0.735. The van der Waals surface area contributed by atoms with Gasteiger partial charge in [-0.1, -0.05) is 0 Å². The molecule has 0 spiro atoms. The SMILES string of the molecule is Cc1cc(-c2cc(CC(=O)O)[nH]n2)n[nH]1. The summed E-state index contributed by atoms with van der Waals surface area (Å²) in [5.41, 5.74) is 2.86. The summed E-state index contributed by atoms with van der Waals surface area (Å²) in [5, 5.41) is 22.0. The topological polar surface area (TPSA) is 94.7 Å². The Balaban J connectivity index is 2.23. The molecule has 0 fully saturated rings. The molecule has 0 unspecified atom stereocenters. The molecule has 6 nitrogen and oxygen atoms in total. The lowest BCUT2D eigenvalue weighted by molar-refractivity contribution is -0.136. The van der Waals surface area contributed by atoms with E-state index in [0.717, 1.165) is 5.69 Å². The lowest BCUT2D eigenvalue weighted by Crippen LogP contribution is -1.99. The summed E-state index contributed by atoms with van der Waals surface area (Å²) in [6.07, 6.45) is -0.0591. The number of hydrogen-bond acceptors (Lipinski definition) is 3. The fraction of sp³-hybridized carbons (Fsp3) is 0.222. The van der Waals surface area contributed by atoms with Crippen LogP contribution in [0.3, 0.4) is 0 Å². The van der Waals surface area contributed by atoms with Crippen molar-refractivity contribution >= 4 is 5.97 Å². The van der Waals surface area contributed by atoms with Crippen molar-refractivity contribution in [2.75, 3.05) is 0 Å². The summed E-state index contributed by atoms with van der Waals surface area (Å²) < 4.78 is 0. The highest BCUT2D eigenvalue weighted by atomic mass is 16.4. The number of nitrogens with one attached hydrogen (secondary N) is 2. The van der Waals surface area contributed by atoms with Crippen LogP contribution in [0.4, 0.5) is 0 Å². The van der Waals surface area contributed by atoms with Gasteiger partial charge in [0.15, 0.2) is 0 Å². The number of nitrogens with zero attached hydrogens (tertiary/aromatic N) is 2. The van der Waals surface area contributed by atoms with Gasteiger partial charge in [-0.15, -0.1) is 0 Å². The Kier molecular flexibility index (Phi) is 2.24. The number of H-pyrrole nitrogens is 2. The molecule has 0 radical (unpaired) electrons. The van der Waals surface area contributed by atoms with Gasteiger partial charge >= 0.3 is 5.97 Å². The summed E-state index contributed by atoms with van der Waals surface area (Å²) in [7, 11) is 0. The summed E-state index contributed by atoms with van der Waals surface area (Å²) in [6, 6.07) is 3.53. The van der Waals surface area contributed by atoms with Crippen LogP contribution in [0.1, 0.15) is 11.4 Å². The highest BCUT2D eigenvalue weighted by molar-refractivity contribution is 5.70. The Hall–Kier alpha value is -2.11. The maximum absolute atomic E-state index is 10.4. The second-order valence-corrected chi connectivity index (χ2v) is 3.29. The van der Waals surface area contributed by atoms with Gasteiger partial charge in [0, 0.05) is 11.4 Å². The van der Waals surface area contributed by atoms with Gasteiger partial charge in [-0.25, -0.2) is 0 Å². The molecule has 0 saturated carbocycles. The van der Waals surface area contributed by atoms with Gasteiger partial charge in [0.05, 0.1) is 6.42 Å². The quantitative estimate of drug-likeness (QED) is 0.690. The van der Waals surface area contributed by atoms with Crippen molar-refractivity contribution in [1.82, 2.24) is 20.4 Å². The molecule has 15 heavy (non-hydrogen) atoms. The second kappa shape index (κ2) is 3.56. The van der Waals surface area contributed by atoms with E-state index in [-0.39, 0.29) is 6.42 Å². The minimum absolute atomic E-state index is 0.0591. The van der Waals surface area contributed by atoms with Crippen LogP contribution < -0.4 is 0 Å². The molecule has 6 heteroatoms. The Morgan fingerprint density at radius 3 is 2.60 bits per heavy atom. The van der Waals surface area contributed by atoms with Crippen molar-refractivity contribution in [2.24, 2.45) is 0 Å². The van der Waals surface area contributed by atoms with Crippen molar-refractivity contribution in [2.45, 2.75) is 13.3 Å². The maximum Gasteiger partial charge on any atom is 0.309 e. The van der Waals surface area contributed by atoms with Crippen LogP contribution in [-0.2, 0) is 11.2 Å². The normalized spacial score (nSPS) is 10.5. The molecule has 0 aliphatic rings. The van der Waals surface area contributed by atoms with Crippen LogP contribution in [0.5, 0.6) is 0 Å².